The normalized spacial score (nSPS) is 9.30. The van der Waals surface area contributed by atoms with Gasteiger partial charge < -0.3 is 5.73 Å². The zero-order valence-corrected chi connectivity index (χ0v) is 5.72. The van der Waals surface area contributed by atoms with Gasteiger partial charge >= 0.3 is 0 Å². The molecule has 51 valence electrons. The van der Waals surface area contributed by atoms with Gasteiger partial charge in [-0.2, -0.15) is 0 Å². The van der Waals surface area contributed by atoms with Crippen LogP contribution < -0.4 is 5.73 Å². The molecule has 1 amide bonds. The van der Waals surface area contributed by atoms with Gasteiger partial charge in [0.15, 0.2) is 0 Å². The highest BCUT2D eigenvalue weighted by Gasteiger charge is 2.00. The summed E-state index contributed by atoms with van der Waals surface area (Å²) in [5.41, 5.74) is 6.49. The molecule has 0 saturated heterocycles. The largest absolute Gasteiger partial charge is 0.366 e. The van der Waals surface area contributed by atoms with Crippen LogP contribution in [0.15, 0.2) is 18.2 Å². The summed E-state index contributed by atoms with van der Waals surface area (Å²) in [5, 5.41) is 0. The van der Waals surface area contributed by atoms with Crippen molar-refractivity contribution in [1.82, 2.24) is 0 Å². The fourth-order valence-corrected chi connectivity index (χ4v) is 0.774. The molecule has 1 rings (SSSR count). The summed E-state index contributed by atoms with van der Waals surface area (Å²) < 4.78 is 0. The average molecular weight is 134 g/mol. The Bertz CT molecular complexity index is 255. The molecule has 1 aromatic rings. The standard InChI is InChI=1S/C8H8NO/c1-6-4-2-3-5-7(6)8(9)10/h2,4-5H,1H3,(H2,9,10). The third kappa shape index (κ3) is 1.16. The Morgan fingerprint density at radius 3 is 2.80 bits per heavy atom. The Morgan fingerprint density at radius 1 is 1.70 bits per heavy atom. The molecule has 1 radical (unpaired) electrons. The molecule has 2 heteroatoms. The van der Waals surface area contributed by atoms with Crippen molar-refractivity contribution >= 4 is 5.91 Å². The van der Waals surface area contributed by atoms with Gasteiger partial charge in [0.2, 0.25) is 5.91 Å². The molecule has 0 bridgehead atoms. The Hall–Kier alpha value is -1.31. The van der Waals surface area contributed by atoms with Gasteiger partial charge in [0.1, 0.15) is 0 Å². The van der Waals surface area contributed by atoms with E-state index in [2.05, 4.69) is 6.07 Å². The molecule has 0 aliphatic carbocycles. The van der Waals surface area contributed by atoms with Crippen LogP contribution in [-0.4, -0.2) is 5.91 Å². The zero-order valence-electron chi connectivity index (χ0n) is 5.72. The van der Waals surface area contributed by atoms with Gasteiger partial charge in [-0.05, 0) is 24.6 Å². The predicted molar refractivity (Wildman–Crippen MR) is 38.5 cm³/mol. The van der Waals surface area contributed by atoms with Crippen LogP contribution in [0.1, 0.15) is 15.9 Å². The molecular weight excluding hydrogens is 126 g/mol. The summed E-state index contributed by atoms with van der Waals surface area (Å²) in [4.78, 5) is 10.6. The van der Waals surface area contributed by atoms with Gasteiger partial charge in [-0.3, -0.25) is 4.79 Å². The molecular formula is C8H8NO. The van der Waals surface area contributed by atoms with Crippen LogP contribution in [0.4, 0.5) is 0 Å². The first-order valence-electron chi connectivity index (χ1n) is 2.98. The minimum atomic E-state index is -0.394. The van der Waals surface area contributed by atoms with Gasteiger partial charge in [-0.1, -0.05) is 12.1 Å². The molecule has 2 N–H and O–H groups in total. The maximum absolute atomic E-state index is 10.6. The fourth-order valence-electron chi connectivity index (χ4n) is 0.774. The van der Waals surface area contributed by atoms with Crippen LogP contribution in [0.2, 0.25) is 0 Å². The van der Waals surface area contributed by atoms with E-state index >= 15 is 0 Å². The van der Waals surface area contributed by atoms with Crippen molar-refractivity contribution in [1.29, 1.82) is 0 Å². The molecule has 0 atom stereocenters. The fraction of sp³-hybridized carbons (Fsp3) is 0.125. The Kier molecular flexibility index (Phi) is 1.71. The van der Waals surface area contributed by atoms with Crippen LogP contribution >= 0.6 is 0 Å². The molecule has 0 heterocycles. The van der Waals surface area contributed by atoms with Crippen molar-refractivity contribution in [3.8, 4) is 0 Å². The Morgan fingerprint density at radius 2 is 2.40 bits per heavy atom. The molecule has 0 aromatic heterocycles. The van der Waals surface area contributed by atoms with Crippen LogP contribution in [0.25, 0.3) is 0 Å². The number of hydrogen-bond acceptors (Lipinski definition) is 1. The quantitative estimate of drug-likeness (QED) is 0.609. The van der Waals surface area contributed by atoms with Crippen LogP contribution in [-0.2, 0) is 0 Å². The summed E-state index contributed by atoms with van der Waals surface area (Å²) in [7, 11) is 0. The Labute approximate surface area is 59.7 Å². The molecule has 1 aromatic carbocycles. The van der Waals surface area contributed by atoms with Crippen LogP contribution in [0, 0.1) is 13.0 Å². The average Bonchev–Trinajstić information content (AvgIpc) is 1.88. The van der Waals surface area contributed by atoms with E-state index in [1.54, 1.807) is 18.2 Å². The lowest BCUT2D eigenvalue weighted by Crippen LogP contribution is -2.12. The SMILES string of the molecule is Cc1cc[c]cc1C(N)=O. The van der Waals surface area contributed by atoms with E-state index < -0.39 is 5.91 Å². The molecule has 10 heavy (non-hydrogen) atoms. The predicted octanol–water partition coefficient (Wildman–Crippen LogP) is 0.894. The second-order valence-electron chi connectivity index (χ2n) is 2.11. The zero-order chi connectivity index (χ0) is 7.56. The molecule has 0 spiro atoms. The van der Waals surface area contributed by atoms with Gasteiger partial charge in [0.05, 0.1) is 0 Å². The van der Waals surface area contributed by atoms with Crippen molar-refractivity contribution in [2.75, 3.05) is 0 Å². The van der Waals surface area contributed by atoms with Gasteiger partial charge in [0, 0.05) is 5.56 Å². The lowest BCUT2D eigenvalue weighted by Gasteiger charge is -1.97. The highest BCUT2D eigenvalue weighted by molar-refractivity contribution is 5.94. The number of amides is 1. The number of aryl methyl sites for hydroxylation is 1. The van der Waals surface area contributed by atoms with Crippen molar-refractivity contribution in [3.05, 3.63) is 35.4 Å². The van der Waals surface area contributed by atoms with E-state index in [1.807, 2.05) is 6.92 Å². The Balaban J connectivity index is 3.15. The minimum absolute atomic E-state index is 0.394. The molecule has 0 unspecified atom stereocenters. The molecule has 0 saturated carbocycles. The number of benzene rings is 1. The van der Waals surface area contributed by atoms with Crippen molar-refractivity contribution in [2.45, 2.75) is 6.92 Å². The number of carbonyl (C=O) groups excluding carboxylic acids is 1. The summed E-state index contributed by atoms with van der Waals surface area (Å²) in [6, 6.07) is 7.93. The van der Waals surface area contributed by atoms with Crippen LogP contribution in [0.3, 0.4) is 0 Å². The number of primary amides is 1. The first-order valence-corrected chi connectivity index (χ1v) is 2.98. The maximum atomic E-state index is 10.6. The number of carbonyl (C=O) groups is 1. The lowest BCUT2D eigenvalue weighted by molar-refractivity contribution is 0.0999. The number of rotatable bonds is 1. The first-order chi connectivity index (χ1) is 4.72. The topological polar surface area (TPSA) is 43.1 Å². The molecule has 0 fully saturated rings. The summed E-state index contributed by atoms with van der Waals surface area (Å²) in [5.74, 6) is -0.394. The van der Waals surface area contributed by atoms with E-state index in [9.17, 15) is 4.79 Å². The van der Waals surface area contributed by atoms with Gasteiger partial charge in [-0.25, -0.2) is 0 Å². The highest BCUT2D eigenvalue weighted by Crippen LogP contribution is 2.03. The molecule has 0 aliphatic heterocycles. The van der Waals surface area contributed by atoms with Crippen LogP contribution in [0.5, 0.6) is 0 Å². The van der Waals surface area contributed by atoms with Crippen molar-refractivity contribution in [2.24, 2.45) is 5.73 Å². The summed E-state index contributed by atoms with van der Waals surface area (Å²) in [6.45, 7) is 1.84. The minimum Gasteiger partial charge on any atom is -0.366 e. The highest BCUT2D eigenvalue weighted by atomic mass is 16.1. The smallest absolute Gasteiger partial charge is 0.248 e. The van der Waals surface area contributed by atoms with Crippen molar-refractivity contribution < 1.29 is 4.79 Å². The van der Waals surface area contributed by atoms with E-state index in [1.165, 1.54) is 0 Å². The van der Waals surface area contributed by atoms with E-state index in [0.717, 1.165) is 5.56 Å². The second kappa shape index (κ2) is 2.52. The second-order valence-corrected chi connectivity index (χ2v) is 2.11. The van der Waals surface area contributed by atoms with E-state index in [4.69, 9.17) is 5.73 Å². The lowest BCUT2D eigenvalue weighted by atomic mass is 10.1. The first kappa shape index (κ1) is 6.81. The third-order valence-electron chi connectivity index (χ3n) is 1.35. The maximum Gasteiger partial charge on any atom is 0.248 e. The van der Waals surface area contributed by atoms with Gasteiger partial charge in [-0.15, -0.1) is 0 Å². The third-order valence-corrected chi connectivity index (χ3v) is 1.35. The summed E-state index contributed by atoms with van der Waals surface area (Å²) >= 11 is 0. The number of hydrogen-bond donors (Lipinski definition) is 1. The molecule has 0 aliphatic rings. The molecule has 2 nitrogen and oxygen atoms in total. The summed E-state index contributed by atoms with van der Waals surface area (Å²) in [6.07, 6.45) is 0. The monoisotopic (exact) mass is 134 g/mol. The van der Waals surface area contributed by atoms with Gasteiger partial charge in [0.25, 0.3) is 0 Å². The number of nitrogens with two attached hydrogens (primary N) is 1. The van der Waals surface area contributed by atoms with E-state index in [-0.39, 0.29) is 0 Å². The van der Waals surface area contributed by atoms with Crippen molar-refractivity contribution in [3.63, 3.8) is 0 Å². The van der Waals surface area contributed by atoms with E-state index in [0.29, 0.717) is 5.56 Å².